The van der Waals surface area contributed by atoms with E-state index in [0.29, 0.717) is 17.1 Å². The van der Waals surface area contributed by atoms with Crippen molar-refractivity contribution in [3.8, 4) is 0 Å². The van der Waals surface area contributed by atoms with E-state index < -0.39 is 0 Å². The van der Waals surface area contributed by atoms with E-state index in [1.54, 1.807) is 11.3 Å². The minimum Gasteiger partial charge on any atom is -0.302 e. The van der Waals surface area contributed by atoms with Crippen molar-refractivity contribution < 1.29 is 4.79 Å². The van der Waals surface area contributed by atoms with Crippen LogP contribution < -0.4 is 5.32 Å². The molecule has 1 fully saturated rings. The van der Waals surface area contributed by atoms with E-state index in [1.807, 2.05) is 6.20 Å². The number of hydrogen-bond acceptors (Lipinski definition) is 5. The molecule has 1 saturated heterocycles. The van der Waals surface area contributed by atoms with Crippen molar-refractivity contribution in [1.82, 2.24) is 14.9 Å². The molecule has 1 aliphatic heterocycles. The lowest BCUT2D eigenvalue weighted by molar-refractivity contribution is -0.114. The molecule has 6 heteroatoms. The molecule has 5 nitrogen and oxygen atoms in total. The fourth-order valence-electron chi connectivity index (χ4n) is 3.93. The Kier molecular flexibility index (Phi) is 6.04. The first-order valence-electron chi connectivity index (χ1n) is 9.31. The smallest absolute Gasteiger partial charge is 0.223 e. The van der Waals surface area contributed by atoms with Gasteiger partial charge in [0, 0.05) is 42.0 Å². The van der Waals surface area contributed by atoms with Crippen LogP contribution in [0.2, 0.25) is 0 Å². The molecular weight excluding hydrogens is 344 g/mol. The molecule has 0 aromatic carbocycles. The number of amides is 1. The molecule has 0 aliphatic carbocycles. The molecule has 1 N–H and O–H groups in total. The molecule has 0 spiro atoms. The molecule has 26 heavy (non-hydrogen) atoms. The highest BCUT2D eigenvalue weighted by Gasteiger charge is 2.28. The first kappa shape index (κ1) is 19.0. The Morgan fingerprint density at radius 1 is 1.35 bits per heavy atom. The topological polar surface area (TPSA) is 58.1 Å². The van der Waals surface area contributed by atoms with E-state index >= 15 is 0 Å². The van der Waals surface area contributed by atoms with Crippen LogP contribution in [0, 0.1) is 19.8 Å². The summed E-state index contributed by atoms with van der Waals surface area (Å²) in [4.78, 5) is 23.7. The van der Waals surface area contributed by atoms with Crippen LogP contribution in [0.15, 0.2) is 18.3 Å². The summed E-state index contributed by atoms with van der Waals surface area (Å²) < 4.78 is 0. The van der Waals surface area contributed by atoms with Gasteiger partial charge in [-0.1, -0.05) is 0 Å². The molecule has 2 atom stereocenters. The number of thiazole rings is 1. The van der Waals surface area contributed by atoms with Gasteiger partial charge in [0.15, 0.2) is 5.13 Å². The first-order valence-corrected chi connectivity index (χ1v) is 10.1. The van der Waals surface area contributed by atoms with Gasteiger partial charge in [-0.25, -0.2) is 4.98 Å². The number of nitrogens with zero attached hydrogens (tertiary/aromatic N) is 3. The molecule has 1 aliphatic rings. The van der Waals surface area contributed by atoms with Gasteiger partial charge in [0.2, 0.25) is 5.91 Å². The number of carbonyl (C=O) groups is 1. The second kappa shape index (κ2) is 8.27. The highest BCUT2D eigenvalue weighted by Crippen LogP contribution is 2.30. The number of piperidine rings is 1. The number of rotatable bonds is 5. The molecule has 140 valence electrons. The van der Waals surface area contributed by atoms with Crippen molar-refractivity contribution in [3.63, 3.8) is 0 Å². The van der Waals surface area contributed by atoms with E-state index in [0.717, 1.165) is 30.9 Å². The van der Waals surface area contributed by atoms with Crippen LogP contribution in [0.4, 0.5) is 5.13 Å². The molecular formula is C20H28N4OS. The second-order valence-electron chi connectivity index (χ2n) is 7.39. The van der Waals surface area contributed by atoms with E-state index in [-0.39, 0.29) is 5.91 Å². The monoisotopic (exact) mass is 372 g/mol. The molecule has 0 unspecified atom stereocenters. The predicted molar refractivity (Wildman–Crippen MR) is 106 cm³/mol. The number of aryl methyl sites for hydroxylation is 2. The quantitative estimate of drug-likeness (QED) is 0.863. The molecule has 0 saturated carbocycles. The normalized spacial score (nSPS) is 20.9. The van der Waals surface area contributed by atoms with Crippen LogP contribution in [0.1, 0.15) is 48.5 Å². The maximum atomic E-state index is 11.2. The van der Waals surface area contributed by atoms with Crippen molar-refractivity contribution in [2.24, 2.45) is 5.92 Å². The average Bonchev–Trinajstić information content (AvgIpc) is 2.96. The molecule has 3 heterocycles. The van der Waals surface area contributed by atoms with Crippen LogP contribution in [-0.2, 0) is 17.8 Å². The maximum Gasteiger partial charge on any atom is 0.223 e. The van der Waals surface area contributed by atoms with Crippen LogP contribution in [-0.4, -0.2) is 33.4 Å². The highest BCUT2D eigenvalue weighted by molar-refractivity contribution is 7.15. The summed E-state index contributed by atoms with van der Waals surface area (Å²) in [6.07, 6.45) is 5.51. The Morgan fingerprint density at radius 2 is 2.08 bits per heavy atom. The summed E-state index contributed by atoms with van der Waals surface area (Å²) in [5, 5.41) is 3.46. The van der Waals surface area contributed by atoms with Crippen LogP contribution in [0.5, 0.6) is 0 Å². The van der Waals surface area contributed by atoms with E-state index in [4.69, 9.17) is 0 Å². The third-order valence-electron chi connectivity index (χ3n) is 5.11. The number of likely N-dealkylation sites (tertiary alicyclic amines) is 1. The average molecular weight is 373 g/mol. The number of pyridine rings is 1. The maximum absolute atomic E-state index is 11.2. The SMILES string of the molecule is CC(=O)Nc1ncc(CN2CCC[C@H](Cc3cc(C)nc(C)c3)[C@@H]2C)s1. The third-order valence-corrected chi connectivity index (χ3v) is 6.01. The van der Waals surface area contributed by atoms with Crippen molar-refractivity contribution in [2.45, 2.75) is 59.5 Å². The Balaban J connectivity index is 1.64. The Hall–Kier alpha value is -1.79. The standard InChI is InChI=1S/C20H28N4OS/c1-13-8-17(9-14(2)22-13)10-18-6-5-7-24(15(18)3)12-19-11-21-20(26-19)23-16(4)25/h8-9,11,15,18H,5-7,10,12H2,1-4H3,(H,21,23,25)/t15-,18+/m0/s1. The summed E-state index contributed by atoms with van der Waals surface area (Å²) in [7, 11) is 0. The van der Waals surface area contributed by atoms with Gasteiger partial charge in [0.25, 0.3) is 0 Å². The van der Waals surface area contributed by atoms with Gasteiger partial charge in [0.1, 0.15) is 0 Å². The van der Waals surface area contributed by atoms with E-state index in [1.165, 1.54) is 30.2 Å². The minimum absolute atomic E-state index is 0.0692. The lowest BCUT2D eigenvalue weighted by Gasteiger charge is -2.39. The fraction of sp³-hybridized carbons (Fsp3) is 0.550. The van der Waals surface area contributed by atoms with Crippen molar-refractivity contribution in [2.75, 3.05) is 11.9 Å². The highest BCUT2D eigenvalue weighted by atomic mass is 32.1. The van der Waals surface area contributed by atoms with Crippen molar-refractivity contribution in [1.29, 1.82) is 0 Å². The Labute approximate surface area is 159 Å². The van der Waals surface area contributed by atoms with Gasteiger partial charge < -0.3 is 5.32 Å². The second-order valence-corrected chi connectivity index (χ2v) is 8.50. The molecule has 0 radical (unpaired) electrons. The molecule has 2 aromatic heterocycles. The van der Waals surface area contributed by atoms with Gasteiger partial charge in [0.05, 0.1) is 0 Å². The van der Waals surface area contributed by atoms with Crippen molar-refractivity contribution >= 4 is 22.4 Å². The largest absolute Gasteiger partial charge is 0.302 e. The molecule has 0 bridgehead atoms. The van der Waals surface area contributed by atoms with Gasteiger partial charge in [-0.2, -0.15) is 0 Å². The Morgan fingerprint density at radius 3 is 2.77 bits per heavy atom. The van der Waals surface area contributed by atoms with Gasteiger partial charge in [-0.05, 0) is 70.2 Å². The molecule has 2 aromatic rings. The van der Waals surface area contributed by atoms with E-state index in [9.17, 15) is 4.79 Å². The van der Waals surface area contributed by atoms with E-state index in [2.05, 4.69) is 53.1 Å². The summed E-state index contributed by atoms with van der Waals surface area (Å²) in [6.45, 7) is 10.0. The number of aromatic nitrogens is 2. The van der Waals surface area contributed by atoms with Gasteiger partial charge in [-0.3, -0.25) is 14.7 Å². The molecule has 1 amide bonds. The van der Waals surface area contributed by atoms with Crippen molar-refractivity contribution in [3.05, 3.63) is 40.2 Å². The third kappa shape index (κ3) is 4.89. The summed E-state index contributed by atoms with van der Waals surface area (Å²) in [6, 6.07) is 4.98. The lowest BCUT2D eigenvalue weighted by Crippen LogP contribution is -2.43. The zero-order chi connectivity index (χ0) is 18.7. The lowest BCUT2D eigenvalue weighted by atomic mass is 9.85. The zero-order valence-electron chi connectivity index (χ0n) is 16.1. The minimum atomic E-state index is -0.0692. The number of carbonyl (C=O) groups excluding carboxylic acids is 1. The number of anilines is 1. The van der Waals surface area contributed by atoms with Gasteiger partial charge in [-0.15, -0.1) is 11.3 Å². The zero-order valence-corrected chi connectivity index (χ0v) is 16.9. The molecule has 3 rings (SSSR count). The van der Waals surface area contributed by atoms with Crippen LogP contribution in [0.25, 0.3) is 0 Å². The summed E-state index contributed by atoms with van der Waals surface area (Å²) in [5.41, 5.74) is 3.62. The summed E-state index contributed by atoms with van der Waals surface area (Å²) >= 11 is 1.57. The van der Waals surface area contributed by atoms with Crippen LogP contribution in [0.3, 0.4) is 0 Å². The first-order chi connectivity index (χ1) is 12.4. The Bertz CT molecular complexity index is 753. The van der Waals surface area contributed by atoms with Crippen LogP contribution >= 0.6 is 11.3 Å². The van der Waals surface area contributed by atoms with Gasteiger partial charge >= 0.3 is 0 Å². The predicted octanol–water partition coefficient (Wildman–Crippen LogP) is 3.96. The number of nitrogens with one attached hydrogen (secondary N) is 1. The summed E-state index contributed by atoms with van der Waals surface area (Å²) in [5.74, 6) is 0.591. The number of hydrogen-bond donors (Lipinski definition) is 1. The fourth-order valence-corrected chi connectivity index (χ4v) is 4.81.